The highest BCUT2D eigenvalue weighted by Gasteiger charge is 2.20. The van der Waals surface area contributed by atoms with Gasteiger partial charge in [0.05, 0.1) is 15.7 Å². The summed E-state index contributed by atoms with van der Waals surface area (Å²) in [6.45, 7) is 0. The van der Waals surface area contributed by atoms with Crippen LogP contribution in [0.3, 0.4) is 0 Å². The van der Waals surface area contributed by atoms with Gasteiger partial charge >= 0.3 is 0 Å². The number of hydrogen-bond acceptors (Lipinski definition) is 2. The smallest absolute Gasteiger partial charge is 0.0721 e. The molecule has 1 aliphatic carbocycles. The number of rotatable bonds is 2. The molecule has 2 unspecified atom stereocenters. The first-order valence-corrected chi connectivity index (χ1v) is 6.38. The molecule has 0 aromatic heterocycles. The fourth-order valence-corrected chi connectivity index (χ4v) is 2.71. The minimum atomic E-state index is 0.299. The molecule has 1 saturated carbocycles. The lowest BCUT2D eigenvalue weighted by atomic mass is 9.91. The molecule has 4 heteroatoms. The Balaban J connectivity index is 2.08. The zero-order valence-corrected chi connectivity index (χ0v) is 10.6. The molecule has 88 valence electrons. The lowest BCUT2D eigenvalue weighted by Crippen LogP contribution is -2.35. The summed E-state index contributed by atoms with van der Waals surface area (Å²) in [7, 11) is 0. The predicted molar refractivity (Wildman–Crippen MR) is 70.3 cm³/mol. The summed E-state index contributed by atoms with van der Waals surface area (Å²) in [6.07, 6.45) is 4.41. The number of nitrogens with two attached hydrogens (primary N) is 1. The van der Waals surface area contributed by atoms with E-state index in [9.17, 15) is 0 Å². The Labute approximate surface area is 106 Å². The van der Waals surface area contributed by atoms with Crippen LogP contribution in [0.2, 0.25) is 10.0 Å². The monoisotopic (exact) mass is 258 g/mol. The summed E-state index contributed by atoms with van der Waals surface area (Å²) in [5.41, 5.74) is 6.79. The van der Waals surface area contributed by atoms with Gasteiger partial charge in [0.1, 0.15) is 0 Å². The van der Waals surface area contributed by atoms with E-state index in [2.05, 4.69) is 5.32 Å². The number of anilines is 1. The van der Waals surface area contributed by atoms with Crippen molar-refractivity contribution in [3.63, 3.8) is 0 Å². The Bertz CT molecular complexity index is 348. The van der Waals surface area contributed by atoms with E-state index in [1.165, 1.54) is 6.42 Å². The van der Waals surface area contributed by atoms with Crippen molar-refractivity contribution in [1.82, 2.24) is 0 Å². The molecule has 3 N–H and O–H groups in total. The SMILES string of the molecule is NC1CCCC(Nc2c(Cl)cccc2Cl)C1. The lowest BCUT2D eigenvalue weighted by molar-refractivity contribution is 0.409. The van der Waals surface area contributed by atoms with E-state index in [0.717, 1.165) is 24.9 Å². The molecular weight excluding hydrogens is 243 g/mol. The van der Waals surface area contributed by atoms with Gasteiger partial charge in [-0.15, -0.1) is 0 Å². The van der Waals surface area contributed by atoms with Crippen LogP contribution in [0.15, 0.2) is 18.2 Å². The molecule has 0 saturated heterocycles. The molecule has 0 spiro atoms. The first-order chi connectivity index (χ1) is 7.66. The summed E-state index contributed by atoms with van der Waals surface area (Å²) in [6, 6.07) is 6.23. The molecular formula is C12H16Cl2N2. The Morgan fingerprint density at radius 2 is 1.88 bits per heavy atom. The lowest BCUT2D eigenvalue weighted by Gasteiger charge is -2.28. The largest absolute Gasteiger partial charge is 0.380 e. The van der Waals surface area contributed by atoms with Crippen LogP contribution in [0.25, 0.3) is 0 Å². The van der Waals surface area contributed by atoms with E-state index >= 15 is 0 Å². The molecule has 1 fully saturated rings. The molecule has 2 nitrogen and oxygen atoms in total. The van der Waals surface area contributed by atoms with Gasteiger partial charge in [0.2, 0.25) is 0 Å². The third-order valence-electron chi connectivity index (χ3n) is 3.03. The Hall–Kier alpha value is -0.440. The molecule has 2 atom stereocenters. The summed E-state index contributed by atoms with van der Waals surface area (Å²) >= 11 is 12.2. The van der Waals surface area contributed by atoms with Gasteiger partial charge in [-0.2, -0.15) is 0 Å². The van der Waals surface area contributed by atoms with Crippen LogP contribution in [0, 0.1) is 0 Å². The molecule has 1 aromatic rings. The topological polar surface area (TPSA) is 38.0 Å². The van der Waals surface area contributed by atoms with Crippen molar-refractivity contribution in [2.45, 2.75) is 37.8 Å². The average molecular weight is 259 g/mol. The van der Waals surface area contributed by atoms with Gasteiger partial charge in [0.15, 0.2) is 0 Å². The van der Waals surface area contributed by atoms with Gasteiger partial charge in [-0.25, -0.2) is 0 Å². The van der Waals surface area contributed by atoms with Crippen molar-refractivity contribution in [3.05, 3.63) is 28.2 Å². The predicted octanol–water partition coefficient (Wildman–Crippen LogP) is 3.68. The summed E-state index contributed by atoms with van der Waals surface area (Å²) in [4.78, 5) is 0. The van der Waals surface area contributed by atoms with E-state index in [0.29, 0.717) is 22.1 Å². The van der Waals surface area contributed by atoms with Gasteiger partial charge in [-0.05, 0) is 37.8 Å². The van der Waals surface area contributed by atoms with Crippen LogP contribution >= 0.6 is 23.2 Å². The Morgan fingerprint density at radius 1 is 1.19 bits per heavy atom. The molecule has 0 bridgehead atoms. The second-order valence-electron chi connectivity index (χ2n) is 4.36. The van der Waals surface area contributed by atoms with Crippen LogP contribution in [-0.4, -0.2) is 12.1 Å². The minimum Gasteiger partial charge on any atom is -0.380 e. The van der Waals surface area contributed by atoms with Crippen molar-refractivity contribution in [2.75, 3.05) is 5.32 Å². The first-order valence-electron chi connectivity index (χ1n) is 5.63. The van der Waals surface area contributed by atoms with E-state index in [1.54, 1.807) is 0 Å². The number of benzene rings is 1. The van der Waals surface area contributed by atoms with Crippen LogP contribution in [0.5, 0.6) is 0 Å². The van der Waals surface area contributed by atoms with Gasteiger partial charge in [0.25, 0.3) is 0 Å². The van der Waals surface area contributed by atoms with Gasteiger partial charge in [0, 0.05) is 12.1 Å². The fourth-order valence-electron chi connectivity index (χ4n) is 2.20. The maximum Gasteiger partial charge on any atom is 0.0721 e. The van der Waals surface area contributed by atoms with Crippen molar-refractivity contribution in [2.24, 2.45) is 5.73 Å². The van der Waals surface area contributed by atoms with E-state index in [1.807, 2.05) is 18.2 Å². The van der Waals surface area contributed by atoms with Crippen LogP contribution in [-0.2, 0) is 0 Å². The van der Waals surface area contributed by atoms with Crippen molar-refractivity contribution < 1.29 is 0 Å². The van der Waals surface area contributed by atoms with E-state index < -0.39 is 0 Å². The van der Waals surface area contributed by atoms with Crippen molar-refractivity contribution in [1.29, 1.82) is 0 Å². The van der Waals surface area contributed by atoms with Gasteiger partial charge in [-0.3, -0.25) is 0 Å². The van der Waals surface area contributed by atoms with Crippen molar-refractivity contribution in [3.8, 4) is 0 Å². The molecule has 0 radical (unpaired) electrons. The summed E-state index contributed by atoms with van der Waals surface area (Å²) < 4.78 is 0. The Morgan fingerprint density at radius 3 is 2.50 bits per heavy atom. The molecule has 0 amide bonds. The van der Waals surface area contributed by atoms with E-state index in [-0.39, 0.29) is 0 Å². The molecule has 1 aromatic carbocycles. The maximum absolute atomic E-state index is 6.11. The fraction of sp³-hybridized carbons (Fsp3) is 0.500. The molecule has 16 heavy (non-hydrogen) atoms. The Kier molecular flexibility index (Phi) is 3.95. The standard InChI is InChI=1S/C12H16Cl2N2/c13-10-5-2-6-11(14)12(10)16-9-4-1-3-8(15)7-9/h2,5-6,8-9,16H,1,3-4,7,15H2. The zero-order chi connectivity index (χ0) is 11.5. The minimum absolute atomic E-state index is 0.299. The molecule has 1 aliphatic rings. The third-order valence-corrected chi connectivity index (χ3v) is 3.66. The number of nitrogens with one attached hydrogen (secondary N) is 1. The van der Waals surface area contributed by atoms with Crippen LogP contribution in [0.1, 0.15) is 25.7 Å². The maximum atomic E-state index is 6.11. The number of para-hydroxylation sites is 1. The average Bonchev–Trinajstić information content (AvgIpc) is 2.24. The van der Waals surface area contributed by atoms with Gasteiger partial charge < -0.3 is 11.1 Å². The highest BCUT2D eigenvalue weighted by Crippen LogP contribution is 2.32. The van der Waals surface area contributed by atoms with Crippen LogP contribution in [0.4, 0.5) is 5.69 Å². The zero-order valence-electron chi connectivity index (χ0n) is 9.05. The normalized spacial score (nSPS) is 25.4. The third kappa shape index (κ3) is 2.82. The summed E-state index contributed by atoms with van der Waals surface area (Å²) in [5, 5.41) is 4.75. The number of hydrogen-bond donors (Lipinski definition) is 2. The second-order valence-corrected chi connectivity index (χ2v) is 5.18. The molecule has 0 aliphatic heterocycles. The highest BCUT2D eigenvalue weighted by atomic mass is 35.5. The number of halogens is 2. The first kappa shape index (κ1) is 12.0. The van der Waals surface area contributed by atoms with E-state index in [4.69, 9.17) is 28.9 Å². The summed E-state index contributed by atoms with van der Waals surface area (Å²) in [5.74, 6) is 0. The van der Waals surface area contributed by atoms with Crippen molar-refractivity contribution >= 4 is 28.9 Å². The molecule has 2 rings (SSSR count). The molecule has 0 heterocycles. The quantitative estimate of drug-likeness (QED) is 0.850. The highest BCUT2D eigenvalue weighted by molar-refractivity contribution is 6.39. The van der Waals surface area contributed by atoms with Crippen LogP contribution < -0.4 is 11.1 Å². The van der Waals surface area contributed by atoms with Gasteiger partial charge in [-0.1, -0.05) is 29.3 Å². The second kappa shape index (κ2) is 5.26.